The van der Waals surface area contributed by atoms with Gasteiger partial charge < -0.3 is 4.84 Å². The molecule has 2 unspecified atom stereocenters. The van der Waals surface area contributed by atoms with E-state index in [1.54, 1.807) is 11.3 Å². The van der Waals surface area contributed by atoms with E-state index in [0.717, 1.165) is 22.6 Å². The fourth-order valence-corrected chi connectivity index (χ4v) is 3.14. The van der Waals surface area contributed by atoms with E-state index >= 15 is 0 Å². The highest BCUT2D eigenvalue weighted by Gasteiger charge is 2.38. The molecule has 0 bridgehead atoms. The highest BCUT2D eigenvalue weighted by atomic mass is 35.5. The van der Waals surface area contributed by atoms with Crippen LogP contribution in [0.4, 0.5) is 0 Å². The topological polar surface area (TPSA) is 35.2 Å². The van der Waals surface area contributed by atoms with Crippen molar-refractivity contribution in [1.29, 1.82) is 0 Å². The van der Waals surface area contributed by atoms with Crippen molar-refractivity contribution in [3.05, 3.63) is 21.3 Å². The standard InChI is InChI=1S/C10H14ClNOS/c11-10-4-3-9(14-10)8-6-7(8)2-1-5-13-12/h3-4,7-8H,1-2,5-6,12H2. The van der Waals surface area contributed by atoms with Gasteiger partial charge in [0, 0.05) is 4.88 Å². The van der Waals surface area contributed by atoms with E-state index in [1.165, 1.54) is 17.7 Å². The first-order valence-corrected chi connectivity index (χ1v) is 6.07. The van der Waals surface area contributed by atoms with E-state index in [4.69, 9.17) is 17.5 Å². The normalized spacial score (nSPS) is 25.3. The molecule has 2 N–H and O–H groups in total. The Kier molecular flexibility index (Phi) is 3.44. The Morgan fingerprint density at radius 3 is 3.07 bits per heavy atom. The number of rotatable bonds is 5. The summed E-state index contributed by atoms with van der Waals surface area (Å²) in [4.78, 5) is 5.99. The second-order valence-corrected chi connectivity index (χ2v) is 5.50. The molecule has 1 aromatic rings. The van der Waals surface area contributed by atoms with Crippen LogP contribution in [0.3, 0.4) is 0 Å². The zero-order valence-corrected chi connectivity index (χ0v) is 9.48. The highest BCUT2D eigenvalue weighted by Crippen LogP contribution is 2.52. The molecule has 1 saturated carbocycles. The fourth-order valence-electron chi connectivity index (χ4n) is 1.87. The second-order valence-electron chi connectivity index (χ2n) is 3.76. The van der Waals surface area contributed by atoms with Gasteiger partial charge in [0.05, 0.1) is 10.9 Å². The van der Waals surface area contributed by atoms with Gasteiger partial charge in [0.1, 0.15) is 0 Å². The molecule has 1 aliphatic carbocycles. The van der Waals surface area contributed by atoms with Crippen LogP contribution in [0.15, 0.2) is 12.1 Å². The van der Waals surface area contributed by atoms with Crippen LogP contribution in [0.25, 0.3) is 0 Å². The van der Waals surface area contributed by atoms with E-state index in [9.17, 15) is 0 Å². The van der Waals surface area contributed by atoms with Gasteiger partial charge in [-0.25, -0.2) is 5.90 Å². The molecule has 1 heterocycles. The van der Waals surface area contributed by atoms with Gasteiger partial charge in [-0.05, 0) is 43.2 Å². The molecule has 0 spiro atoms. The van der Waals surface area contributed by atoms with Crippen LogP contribution in [0.2, 0.25) is 4.34 Å². The average molecular weight is 232 g/mol. The van der Waals surface area contributed by atoms with Gasteiger partial charge in [0.25, 0.3) is 0 Å². The summed E-state index contributed by atoms with van der Waals surface area (Å²) in [6.45, 7) is 0.675. The molecule has 1 aromatic heterocycles. The monoisotopic (exact) mass is 231 g/mol. The predicted octanol–water partition coefficient (Wildman–Crippen LogP) is 3.18. The van der Waals surface area contributed by atoms with Crippen LogP contribution in [-0.2, 0) is 4.84 Å². The molecule has 78 valence electrons. The maximum absolute atomic E-state index is 5.89. The summed E-state index contributed by atoms with van der Waals surface area (Å²) in [6.07, 6.45) is 3.59. The van der Waals surface area contributed by atoms with Crippen LogP contribution < -0.4 is 5.90 Å². The maximum Gasteiger partial charge on any atom is 0.0931 e. The number of thiophene rings is 1. The first-order chi connectivity index (χ1) is 6.81. The van der Waals surface area contributed by atoms with Crippen molar-refractivity contribution in [2.75, 3.05) is 6.61 Å². The summed E-state index contributed by atoms with van der Waals surface area (Å²) in [6, 6.07) is 4.14. The smallest absolute Gasteiger partial charge is 0.0931 e. The van der Waals surface area contributed by atoms with Crippen molar-refractivity contribution < 1.29 is 4.84 Å². The summed E-state index contributed by atoms with van der Waals surface area (Å²) < 4.78 is 0.899. The van der Waals surface area contributed by atoms with Crippen molar-refractivity contribution in [2.24, 2.45) is 11.8 Å². The molecule has 2 nitrogen and oxygen atoms in total. The zero-order valence-electron chi connectivity index (χ0n) is 7.91. The molecule has 0 saturated heterocycles. The first kappa shape index (κ1) is 10.4. The van der Waals surface area contributed by atoms with Crippen LogP contribution >= 0.6 is 22.9 Å². The van der Waals surface area contributed by atoms with Gasteiger partial charge in [0.15, 0.2) is 0 Å². The Morgan fingerprint density at radius 2 is 2.43 bits per heavy atom. The number of nitrogens with two attached hydrogens (primary N) is 1. The van der Waals surface area contributed by atoms with Crippen LogP contribution in [0.1, 0.15) is 30.1 Å². The molecular formula is C10H14ClNOS. The lowest BCUT2D eigenvalue weighted by molar-refractivity contribution is 0.132. The number of halogens is 1. The van der Waals surface area contributed by atoms with Crippen LogP contribution in [-0.4, -0.2) is 6.61 Å². The summed E-state index contributed by atoms with van der Waals surface area (Å²) in [7, 11) is 0. The third-order valence-corrected chi connectivity index (χ3v) is 4.08. The molecule has 1 aliphatic rings. The van der Waals surface area contributed by atoms with Crippen molar-refractivity contribution in [2.45, 2.75) is 25.2 Å². The van der Waals surface area contributed by atoms with Crippen molar-refractivity contribution in [3.63, 3.8) is 0 Å². The summed E-state index contributed by atoms with van der Waals surface area (Å²) in [5.41, 5.74) is 0. The molecular weight excluding hydrogens is 218 g/mol. The van der Waals surface area contributed by atoms with Crippen molar-refractivity contribution in [3.8, 4) is 0 Å². The zero-order chi connectivity index (χ0) is 9.97. The Morgan fingerprint density at radius 1 is 1.57 bits per heavy atom. The Hall–Kier alpha value is -0.0900. The van der Waals surface area contributed by atoms with E-state index in [2.05, 4.69) is 10.9 Å². The lowest BCUT2D eigenvalue weighted by Crippen LogP contribution is -2.00. The van der Waals surface area contributed by atoms with Gasteiger partial charge >= 0.3 is 0 Å². The molecule has 2 rings (SSSR count). The van der Waals surface area contributed by atoms with Gasteiger partial charge in [-0.15, -0.1) is 11.3 Å². The van der Waals surface area contributed by atoms with E-state index in [0.29, 0.717) is 6.61 Å². The van der Waals surface area contributed by atoms with Crippen LogP contribution in [0.5, 0.6) is 0 Å². The molecule has 4 heteroatoms. The first-order valence-electron chi connectivity index (χ1n) is 4.88. The van der Waals surface area contributed by atoms with E-state index in [1.807, 2.05) is 6.07 Å². The minimum absolute atomic E-state index is 0.675. The van der Waals surface area contributed by atoms with Gasteiger partial charge in [-0.1, -0.05) is 11.6 Å². The van der Waals surface area contributed by atoms with Gasteiger partial charge in [0.2, 0.25) is 0 Å². The number of hydrogen-bond acceptors (Lipinski definition) is 3. The maximum atomic E-state index is 5.89. The van der Waals surface area contributed by atoms with Crippen LogP contribution in [0, 0.1) is 5.92 Å². The quantitative estimate of drug-likeness (QED) is 0.624. The molecule has 1 fully saturated rings. The predicted molar refractivity (Wildman–Crippen MR) is 59.6 cm³/mol. The molecule has 0 aromatic carbocycles. The Balaban J connectivity index is 1.76. The SMILES string of the molecule is NOCCCC1CC1c1ccc(Cl)s1. The minimum Gasteiger partial charge on any atom is -0.305 e. The van der Waals surface area contributed by atoms with E-state index < -0.39 is 0 Å². The lowest BCUT2D eigenvalue weighted by atomic mass is 10.2. The Bertz CT molecular complexity index is 302. The molecule has 2 atom stereocenters. The largest absolute Gasteiger partial charge is 0.305 e. The molecule has 14 heavy (non-hydrogen) atoms. The second kappa shape index (κ2) is 4.62. The van der Waals surface area contributed by atoms with E-state index in [-0.39, 0.29) is 0 Å². The van der Waals surface area contributed by atoms with Gasteiger partial charge in [-0.2, -0.15) is 0 Å². The summed E-state index contributed by atoms with van der Waals surface area (Å²) in [5.74, 6) is 6.56. The Labute approximate surface area is 93.0 Å². The fraction of sp³-hybridized carbons (Fsp3) is 0.600. The highest BCUT2D eigenvalue weighted by molar-refractivity contribution is 7.16. The average Bonchev–Trinajstić information content (AvgIpc) is 2.81. The summed E-state index contributed by atoms with van der Waals surface area (Å²) in [5, 5.41) is 0. The minimum atomic E-state index is 0.675. The molecule has 0 amide bonds. The van der Waals surface area contributed by atoms with Gasteiger partial charge in [-0.3, -0.25) is 0 Å². The molecule has 0 aliphatic heterocycles. The third-order valence-electron chi connectivity index (χ3n) is 2.72. The summed E-state index contributed by atoms with van der Waals surface area (Å²) >= 11 is 7.60. The third kappa shape index (κ3) is 2.48. The van der Waals surface area contributed by atoms with Crippen molar-refractivity contribution in [1.82, 2.24) is 0 Å². The van der Waals surface area contributed by atoms with Crippen molar-refractivity contribution >= 4 is 22.9 Å². The lowest BCUT2D eigenvalue weighted by Gasteiger charge is -1.97. The number of hydrogen-bond donors (Lipinski definition) is 1. The molecule has 0 radical (unpaired) electrons.